The molecule has 1 unspecified atom stereocenters. The van der Waals surface area contributed by atoms with Crippen LogP contribution in [0.3, 0.4) is 0 Å². The number of benzene rings is 3. The van der Waals surface area contributed by atoms with E-state index in [0.29, 0.717) is 48.9 Å². The number of amides is 2. The van der Waals surface area contributed by atoms with E-state index in [2.05, 4.69) is 10.6 Å². The second-order valence-corrected chi connectivity index (χ2v) is 8.63. The first-order chi connectivity index (χ1) is 17.6. The minimum Gasteiger partial charge on any atom is -0.454 e. The Morgan fingerprint density at radius 2 is 1.92 bits per heavy atom. The van der Waals surface area contributed by atoms with Crippen molar-refractivity contribution in [3.8, 4) is 11.5 Å². The van der Waals surface area contributed by atoms with Crippen LogP contribution in [-0.4, -0.2) is 43.3 Å². The van der Waals surface area contributed by atoms with E-state index in [1.807, 2.05) is 66.4 Å². The monoisotopic (exact) mass is 487 g/mol. The molecule has 3 aromatic rings. The van der Waals surface area contributed by atoms with Crippen molar-refractivity contribution in [3.63, 3.8) is 0 Å². The van der Waals surface area contributed by atoms with Crippen LogP contribution in [-0.2, 0) is 11.3 Å². The lowest BCUT2D eigenvalue weighted by atomic mass is 10.1. The smallest absolute Gasteiger partial charge is 0.256 e. The standard InChI is InChI=1S/C28H29N3O5/c1-2-34-14-6-13-31-26(22-9-3-4-10-23(22)28(31)33)30-21-8-5-7-20(16-21)27(32)29-17-19-11-12-24-25(15-19)36-18-35-24/h3-5,7-12,15-16,26,30H,2,6,13-14,17-18H2,1H3,(H,29,32). The number of rotatable bonds is 10. The minimum absolute atomic E-state index is 0.00257. The molecule has 1 atom stereocenters. The second kappa shape index (κ2) is 10.7. The van der Waals surface area contributed by atoms with Gasteiger partial charge >= 0.3 is 0 Å². The third-order valence-corrected chi connectivity index (χ3v) is 6.27. The van der Waals surface area contributed by atoms with E-state index in [-0.39, 0.29) is 24.8 Å². The molecule has 0 saturated heterocycles. The number of anilines is 1. The average molecular weight is 488 g/mol. The third-order valence-electron chi connectivity index (χ3n) is 6.27. The summed E-state index contributed by atoms with van der Waals surface area (Å²) in [5, 5.41) is 6.43. The fraction of sp³-hybridized carbons (Fsp3) is 0.286. The van der Waals surface area contributed by atoms with E-state index in [9.17, 15) is 9.59 Å². The molecule has 186 valence electrons. The number of hydrogen-bond donors (Lipinski definition) is 2. The number of nitrogens with one attached hydrogen (secondary N) is 2. The Kier molecular flexibility index (Phi) is 7.04. The Bertz CT molecular complexity index is 1260. The molecule has 0 spiro atoms. The highest BCUT2D eigenvalue weighted by Crippen LogP contribution is 2.35. The topological polar surface area (TPSA) is 89.1 Å². The Balaban J connectivity index is 1.27. The number of carbonyl (C=O) groups excluding carboxylic acids is 2. The van der Waals surface area contributed by atoms with Gasteiger partial charge in [0.2, 0.25) is 6.79 Å². The van der Waals surface area contributed by atoms with Crippen molar-refractivity contribution < 1.29 is 23.8 Å². The minimum atomic E-state index is -0.317. The maximum Gasteiger partial charge on any atom is 0.256 e. The van der Waals surface area contributed by atoms with Crippen LogP contribution in [0.1, 0.15) is 51.4 Å². The van der Waals surface area contributed by atoms with Gasteiger partial charge in [-0.25, -0.2) is 0 Å². The van der Waals surface area contributed by atoms with E-state index < -0.39 is 0 Å². The fourth-order valence-electron chi connectivity index (χ4n) is 4.48. The highest BCUT2D eigenvalue weighted by molar-refractivity contribution is 5.99. The Morgan fingerprint density at radius 3 is 2.81 bits per heavy atom. The molecule has 2 amide bonds. The summed E-state index contributed by atoms with van der Waals surface area (Å²) >= 11 is 0. The van der Waals surface area contributed by atoms with E-state index in [1.165, 1.54) is 0 Å². The zero-order valence-corrected chi connectivity index (χ0v) is 20.2. The quantitative estimate of drug-likeness (QED) is 0.414. The predicted molar refractivity (Wildman–Crippen MR) is 135 cm³/mol. The lowest BCUT2D eigenvalue weighted by Gasteiger charge is -2.27. The molecule has 8 heteroatoms. The molecule has 0 aliphatic carbocycles. The van der Waals surface area contributed by atoms with Gasteiger partial charge in [0.1, 0.15) is 6.17 Å². The molecule has 0 aromatic heterocycles. The van der Waals surface area contributed by atoms with Crippen LogP contribution < -0.4 is 20.1 Å². The molecule has 2 aliphatic rings. The SMILES string of the molecule is CCOCCCN1C(=O)c2ccccc2C1Nc1cccc(C(=O)NCc2ccc3c(c2)OCO3)c1. The van der Waals surface area contributed by atoms with Gasteiger partial charge in [-0.2, -0.15) is 0 Å². The van der Waals surface area contributed by atoms with Crippen molar-refractivity contribution >= 4 is 17.5 Å². The molecular weight excluding hydrogens is 458 g/mol. The van der Waals surface area contributed by atoms with Crippen LogP contribution in [0.15, 0.2) is 66.7 Å². The van der Waals surface area contributed by atoms with Crippen LogP contribution in [0.5, 0.6) is 11.5 Å². The Hall–Kier alpha value is -4.04. The van der Waals surface area contributed by atoms with Gasteiger partial charge in [0.15, 0.2) is 11.5 Å². The van der Waals surface area contributed by atoms with Gasteiger partial charge in [-0.05, 0) is 55.3 Å². The van der Waals surface area contributed by atoms with Gasteiger partial charge in [0.25, 0.3) is 11.8 Å². The maximum atomic E-state index is 13.1. The van der Waals surface area contributed by atoms with Crippen LogP contribution in [0, 0.1) is 0 Å². The van der Waals surface area contributed by atoms with E-state index in [4.69, 9.17) is 14.2 Å². The molecule has 5 rings (SSSR count). The summed E-state index contributed by atoms with van der Waals surface area (Å²) in [7, 11) is 0. The zero-order valence-electron chi connectivity index (χ0n) is 20.2. The lowest BCUT2D eigenvalue weighted by molar-refractivity contribution is 0.0708. The first-order valence-electron chi connectivity index (χ1n) is 12.1. The molecule has 0 bridgehead atoms. The van der Waals surface area contributed by atoms with Gasteiger partial charge in [-0.3, -0.25) is 9.59 Å². The summed E-state index contributed by atoms with van der Waals surface area (Å²) in [6, 6.07) is 20.6. The van der Waals surface area contributed by atoms with Gasteiger partial charge in [-0.1, -0.05) is 30.3 Å². The zero-order chi connectivity index (χ0) is 24.9. The van der Waals surface area contributed by atoms with Crippen molar-refractivity contribution in [2.75, 3.05) is 31.9 Å². The summed E-state index contributed by atoms with van der Waals surface area (Å²) in [4.78, 5) is 27.8. The average Bonchev–Trinajstić information content (AvgIpc) is 3.48. The normalized spacial score (nSPS) is 15.6. The van der Waals surface area contributed by atoms with E-state index in [0.717, 1.165) is 23.2 Å². The molecule has 3 aromatic carbocycles. The van der Waals surface area contributed by atoms with E-state index in [1.54, 1.807) is 12.1 Å². The van der Waals surface area contributed by atoms with Crippen molar-refractivity contribution in [2.45, 2.75) is 26.1 Å². The van der Waals surface area contributed by atoms with Crippen LogP contribution in [0.25, 0.3) is 0 Å². The van der Waals surface area contributed by atoms with Crippen molar-refractivity contribution in [1.29, 1.82) is 0 Å². The van der Waals surface area contributed by atoms with Crippen molar-refractivity contribution in [3.05, 3.63) is 89.0 Å². The van der Waals surface area contributed by atoms with Crippen molar-refractivity contribution in [2.24, 2.45) is 0 Å². The fourth-order valence-corrected chi connectivity index (χ4v) is 4.48. The molecule has 8 nitrogen and oxygen atoms in total. The Morgan fingerprint density at radius 1 is 1.06 bits per heavy atom. The molecule has 0 fully saturated rings. The van der Waals surface area contributed by atoms with Crippen molar-refractivity contribution in [1.82, 2.24) is 10.2 Å². The summed E-state index contributed by atoms with van der Waals surface area (Å²) in [6.07, 6.45) is 0.427. The van der Waals surface area contributed by atoms with Gasteiger partial charge in [0, 0.05) is 48.7 Å². The molecule has 36 heavy (non-hydrogen) atoms. The Labute approximate surface area is 210 Å². The van der Waals surface area contributed by atoms with Crippen LogP contribution >= 0.6 is 0 Å². The largest absolute Gasteiger partial charge is 0.454 e. The highest BCUT2D eigenvalue weighted by atomic mass is 16.7. The molecule has 0 saturated carbocycles. The molecule has 2 aliphatic heterocycles. The van der Waals surface area contributed by atoms with E-state index >= 15 is 0 Å². The summed E-state index contributed by atoms with van der Waals surface area (Å²) in [5.74, 6) is 1.21. The third kappa shape index (κ3) is 4.99. The summed E-state index contributed by atoms with van der Waals surface area (Å²) in [5.41, 5.74) is 3.84. The van der Waals surface area contributed by atoms with Crippen LogP contribution in [0.2, 0.25) is 0 Å². The summed E-state index contributed by atoms with van der Waals surface area (Å²) in [6.45, 7) is 4.36. The summed E-state index contributed by atoms with van der Waals surface area (Å²) < 4.78 is 16.2. The molecule has 2 N–H and O–H groups in total. The number of carbonyl (C=O) groups is 2. The predicted octanol–water partition coefficient (Wildman–Crippen LogP) is 4.34. The second-order valence-electron chi connectivity index (χ2n) is 8.63. The highest BCUT2D eigenvalue weighted by Gasteiger charge is 2.36. The molecular formula is C28H29N3O5. The number of nitrogens with zero attached hydrogens (tertiary/aromatic N) is 1. The molecule has 0 radical (unpaired) electrons. The van der Waals surface area contributed by atoms with Gasteiger partial charge in [0.05, 0.1) is 0 Å². The van der Waals surface area contributed by atoms with Gasteiger partial charge in [-0.15, -0.1) is 0 Å². The number of ether oxygens (including phenoxy) is 3. The number of hydrogen-bond acceptors (Lipinski definition) is 6. The van der Waals surface area contributed by atoms with Crippen LogP contribution in [0.4, 0.5) is 5.69 Å². The first kappa shape index (κ1) is 23.7. The first-order valence-corrected chi connectivity index (χ1v) is 12.1. The number of fused-ring (bicyclic) bond motifs is 2. The lowest BCUT2D eigenvalue weighted by Crippen LogP contribution is -2.33. The maximum absolute atomic E-state index is 13.1. The molecule has 2 heterocycles. The van der Waals surface area contributed by atoms with Gasteiger partial charge < -0.3 is 29.7 Å².